The molecule has 0 heterocycles. The molecule has 1 aromatic carbocycles. The number of hydrogen-bond donors (Lipinski definition) is 0. The molecule has 0 amide bonds. The van der Waals surface area contributed by atoms with Crippen LogP contribution in [-0.2, 0) is 0 Å². The number of anilines is 2. The Morgan fingerprint density at radius 3 is 1.58 bits per heavy atom. The molecule has 0 fully saturated rings. The van der Waals surface area contributed by atoms with Gasteiger partial charge in [-0.3, -0.25) is 4.79 Å². The number of rotatable bonds is 7. The monoisotopic (exact) mass is 372 g/mol. The summed E-state index contributed by atoms with van der Waals surface area (Å²) in [4.78, 5) is 16.1. The second kappa shape index (κ2) is 8.31. The summed E-state index contributed by atoms with van der Waals surface area (Å²) in [6.45, 7) is 15.7. The summed E-state index contributed by atoms with van der Waals surface area (Å²) in [5.41, 5.74) is 0.735. The molecular weight excluding hydrogens is 341 g/mol. The number of benzene rings is 1. The van der Waals surface area contributed by atoms with E-state index in [9.17, 15) is 18.0 Å². The molecule has 0 aliphatic rings. The van der Waals surface area contributed by atoms with E-state index in [2.05, 4.69) is 4.90 Å². The molecule has 1 rings (SSSR count). The van der Waals surface area contributed by atoms with Crippen LogP contribution in [0.3, 0.4) is 0 Å². The van der Waals surface area contributed by atoms with Crippen molar-refractivity contribution in [3.8, 4) is 0 Å². The Hall–Kier alpha value is -1.72. The van der Waals surface area contributed by atoms with Crippen LogP contribution in [0.4, 0.5) is 24.5 Å². The van der Waals surface area contributed by atoms with Crippen molar-refractivity contribution in [2.45, 2.75) is 85.7 Å². The lowest BCUT2D eigenvalue weighted by Crippen LogP contribution is -2.43. The van der Waals surface area contributed by atoms with Gasteiger partial charge in [0.25, 0.3) is 5.78 Å². The van der Waals surface area contributed by atoms with Gasteiger partial charge in [0.2, 0.25) is 0 Å². The van der Waals surface area contributed by atoms with Gasteiger partial charge in [-0.05, 0) is 67.5 Å². The first kappa shape index (κ1) is 22.3. The number of hydrogen-bond acceptors (Lipinski definition) is 3. The van der Waals surface area contributed by atoms with Crippen LogP contribution < -0.4 is 9.80 Å². The molecule has 0 radical (unpaired) electrons. The third-order valence-corrected chi connectivity index (χ3v) is 4.28. The highest BCUT2D eigenvalue weighted by atomic mass is 19.4. The van der Waals surface area contributed by atoms with Crippen molar-refractivity contribution in [2.75, 3.05) is 9.80 Å². The van der Waals surface area contributed by atoms with Crippen LogP contribution in [0.15, 0.2) is 18.2 Å². The van der Waals surface area contributed by atoms with Crippen LogP contribution in [0.1, 0.15) is 65.7 Å². The second-order valence-electron chi connectivity index (χ2n) is 7.69. The Kier molecular flexibility index (Phi) is 7.14. The molecule has 0 N–H and O–H groups in total. The normalized spacial score (nSPS) is 12.4. The fourth-order valence-electron chi connectivity index (χ4n) is 3.61. The van der Waals surface area contributed by atoms with Gasteiger partial charge in [-0.15, -0.1) is 0 Å². The molecule has 3 nitrogen and oxygen atoms in total. The van der Waals surface area contributed by atoms with Crippen molar-refractivity contribution in [1.82, 2.24) is 0 Å². The molecule has 0 saturated heterocycles. The Labute approximate surface area is 155 Å². The zero-order valence-electron chi connectivity index (χ0n) is 17.0. The van der Waals surface area contributed by atoms with Crippen molar-refractivity contribution < 1.29 is 18.0 Å². The van der Waals surface area contributed by atoms with E-state index in [0.717, 1.165) is 0 Å². The second-order valence-corrected chi connectivity index (χ2v) is 7.69. The van der Waals surface area contributed by atoms with E-state index in [-0.39, 0.29) is 29.7 Å². The van der Waals surface area contributed by atoms with Gasteiger partial charge in [-0.2, -0.15) is 13.2 Å². The number of nitrogens with zero attached hydrogens (tertiary/aromatic N) is 2. The van der Waals surface area contributed by atoms with E-state index in [0.29, 0.717) is 11.4 Å². The largest absolute Gasteiger partial charge is 0.454 e. The maximum atomic E-state index is 13.2. The fraction of sp³-hybridized carbons (Fsp3) is 0.650. The first-order chi connectivity index (χ1) is 11.8. The Morgan fingerprint density at radius 2 is 1.23 bits per heavy atom. The minimum atomic E-state index is -4.91. The lowest BCUT2D eigenvalue weighted by atomic mass is 10.0. The zero-order chi connectivity index (χ0) is 20.4. The minimum absolute atomic E-state index is 0.0582. The molecule has 0 aliphatic heterocycles. The van der Waals surface area contributed by atoms with Crippen LogP contribution in [0.5, 0.6) is 0 Å². The fourth-order valence-corrected chi connectivity index (χ4v) is 3.61. The van der Waals surface area contributed by atoms with E-state index in [1.807, 2.05) is 60.3 Å². The molecule has 0 saturated carbocycles. The van der Waals surface area contributed by atoms with E-state index < -0.39 is 12.0 Å². The predicted octanol–water partition coefficient (Wildman–Crippen LogP) is 5.68. The van der Waals surface area contributed by atoms with Crippen molar-refractivity contribution in [2.24, 2.45) is 0 Å². The molecule has 0 spiro atoms. The lowest BCUT2D eigenvalue weighted by molar-refractivity contribution is -0.0884. The van der Waals surface area contributed by atoms with Gasteiger partial charge >= 0.3 is 6.18 Å². The molecule has 0 aliphatic carbocycles. The maximum Gasteiger partial charge on any atom is 0.454 e. The highest BCUT2D eigenvalue weighted by Crippen LogP contribution is 2.40. The zero-order valence-corrected chi connectivity index (χ0v) is 17.0. The predicted molar refractivity (Wildman–Crippen MR) is 102 cm³/mol. The van der Waals surface area contributed by atoms with Gasteiger partial charge in [0, 0.05) is 24.2 Å². The van der Waals surface area contributed by atoms with Crippen LogP contribution in [-0.4, -0.2) is 36.1 Å². The summed E-state index contributed by atoms with van der Waals surface area (Å²) < 4.78 is 39.7. The molecule has 6 heteroatoms. The van der Waals surface area contributed by atoms with Gasteiger partial charge in [-0.1, -0.05) is 6.07 Å². The van der Waals surface area contributed by atoms with E-state index >= 15 is 0 Å². The Balaban J connectivity index is 3.84. The smallest absolute Gasteiger partial charge is 0.365 e. The number of alkyl halides is 3. The van der Waals surface area contributed by atoms with Gasteiger partial charge in [0.15, 0.2) is 0 Å². The topological polar surface area (TPSA) is 23.6 Å². The molecule has 1 aromatic rings. The van der Waals surface area contributed by atoms with Crippen molar-refractivity contribution >= 4 is 17.2 Å². The highest BCUT2D eigenvalue weighted by Gasteiger charge is 2.42. The van der Waals surface area contributed by atoms with Crippen molar-refractivity contribution in [3.63, 3.8) is 0 Å². The van der Waals surface area contributed by atoms with Crippen LogP contribution >= 0.6 is 0 Å². The quantitative estimate of drug-likeness (QED) is 0.576. The van der Waals surface area contributed by atoms with Crippen LogP contribution in [0, 0.1) is 0 Å². The molecule has 0 unspecified atom stereocenters. The summed E-state index contributed by atoms with van der Waals surface area (Å²) in [5, 5.41) is 0. The summed E-state index contributed by atoms with van der Waals surface area (Å²) in [6, 6.07) is 4.66. The molecule has 0 bridgehead atoms. The molecule has 0 atom stereocenters. The number of para-hydroxylation sites is 1. The summed E-state index contributed by atoms with van der Waals surface area (Å²) in [7, 11) is 0. The number of carbonyl (C=O) groups excluding carboxylic acids is 1. The van der Waals surface area contributed by atoms with E-state index in [1.54, 1.807) is 6.07 Å². The number of carbonyl (C=O) groups is 1. The van der Waals surface area contributed by atoms with E-state index in [1.165, 1.54) is 12.1 Å². The maximum absolute atomic E-state index is 13.2. The van der Waals surface area contributed by atoms with Crippen LogP contribution in [0.2, 0.25) is 0 Å². The van der Waals surface area contributed by atoms with Gasteiger partial charge in [-0.25, -0.2) is 0 Å². The third-order valence-electron chi connectivity index (χ3n) is 4.28. The average molecular weight is 372 g/mol. The summed E-state index contributed by atoms with van der Waals surface area (Å²) >= 11 is 0. The number of ketones is 1. The molecular formula is C20H31F3N2O. The molecule has 148 valence electrons. The summed E-state index contributed by atoms with van der Waals surface area (Å²) in [6.07, 6.45) is -4.91. The van der Waals surface area contributed by atoms with Crippen molar-refractivity contribution in [3.05, 3.63) is 23.8 Å². The average Bonchev–Trinajstić information content (AvgIpc) is 2.45. The first-order valence-electron chi connectivity index (χ1n) is 9.11. The standard InChI is InChI=1S/C20H31F3N2O/c1-12(2)24(13(3)4)17-11-9-10-16(19(26)20(21,22)23)18(17)25(14(5)6)15(7)8/h9-15H,1-8H3. The molecule has 26 heavy (non-hydrogen) atoms. The van der Waals surface area contributed by atoms with Crippen LogP contribution in [0.25, 0.3) is 0 Å². The Morgan fingerprint density at radius 1 is 0.808 bits per heavy atom. The SMILES string of the molecule is CC(C)N(c1cccc(C(=O)C(F)(F)F)c1N(C(C)C)C(C)C)C(C)C. The lowest BCUT2D eigenvalue weighted by Gasteiger charge is -2.41. The first-order valence-corrected chi connectivity index (χ1v) is 9.11. The Bertz CT molecular complexity index is 606. The minimum Gasteiger partial charge on any atom is -0.365 e. The number of Topliss-reactive ketones (excluding diaryl/α,β-unsaturated/α-hetero) is 1. The molecule has 0 aromatic heterocycles. The van der Waals surface area contributed by atoms with Crippen molar-refractivity contribution in [1.29, 1.82) is 0 Å². The highest BCUT2D eigenvalue weighted by molar-refractivity contribution is 6.07. The van der Waals surface area contributed by atoms with Gasteiger partial charge in [0.05, 0.1) is 16.9 Å². The summed E-state index contributed by atoms with van der Waals surface area (Å²) in [5.74, 6) is -1.80. The number of halogens is 3. The van der Waals surface area contributed by atoms with E-state index in [4.69, 9.17) is 0 Å². The third kappa shape index (κ3) is 4.71. The van der Waals surface area contributed by atoms with Gasteiger partial charge < -0.3 is 9.80 Å². The van der Waals surface area contributed by atoms with Gasteiger partial charge in [0.1, 0.15) is 0 Å².